The number of nitrogens with two attached hydrogens (primary N) is 1. The molecule has 0 heterocycles. The number of aryl methyl sites for hydroxylation is 1. The Balaban J connectivity index is 0.000000262. The van der Waals surface area contributed by atoms with Gasteiger partial charge in [0, 0.05) is 17.0 Å². The van der Waals surface area contributed by atoms with Crippen molar-refractivity contribution >= 4 is 27.2 Å². The molecule has 0 saturated heterocycles. The molecule has 346 valence electrons. The molecule has 1 nitrogen and oxygen atoms in total. The van der Waals surface area contributed by atoms with Crippen LogP contribution in [0.1, 0.15) is 172 Å². The number of anilines is 1. The monoisotopic (exact) mass is 868 g/mol. The quantitative estimate of drug-likeness (QED) is 0.0935. The fraction of sp³-hybridized carbons (Fsp3) is 0.500. The summed E-state index contributed by atoms with van der Waals surface area (Å²) in [5, 5.41) is 5.54. The molecule has 0 aromatic heterocycles. The van der Waals surface area contributed by atoms with Gasteiger partial charge in [0.15, 0.2) is 0 Å². The molecule has 65 heavy (non-hydrogen) atoms. The van der Waals surface area contributed by atoms with Crippen molar-refractivity contribution in [2.45, 2.75) is 157 Å². The summed E-state index contributed by atoms with van der Waals surface area (Å²) >= 11 is 0. The van der Waals surface area contributed by atoms with Gasteiger partial charge in [-0.15, -0.1) is 26.3 Å². The van der Waals surface area contributed by atoms with Crippen LogP contribution in [0.2, 0.25) is 0 Å². The van der Waals surface area contributed by atoms with Crippen LogP contribution in [0.5, 0.6) is 0 Å². The number of benzene rings is 4. The maximum atomic E-state index is 6.11. The van der Waals surface area contributed by atoms with Crippen LogP contribution >= 0.6 is 0 Å². The first-order chi connectivity index (χ1) is 31.1. The topological polar surface area (TPSA) is 26.0 Å². The molecule has 0 radical (unpaired) electrons. The predicted octanol–water partition coefficient (Wildman–Crippen LogP) is 18.5. The van der Waals surface area contributed by atoms with E-state index in [-0.39, 0.29) is 0 Å². The van der Waals surface area contributed by atoms with Gasteiger partial charge < -0.3 is 5.73 Å². The zero-order chi connectivity index (χ0) is 47.2. The minimum atomic E-state index is 0.389. The summed E-state index contributed by atoms with van der Waals surface area (Å²) in [5.41, 5.74) is 21.7. The number of rotatable bonds is 15. The molecule has 5 aliphatic carbocycles. The zero-order valence-corrected chi connectivity index (χ0v) is 42.4. The molecule has 0 aliphatic heterocycles. The van der Waals surface area contributed by atoms with Gasteiger partial charge in [-0.2, -0.15) is 0 Å². The summed E-state index contributed by atoms with van der Waals surface area (Å²) in [7, 11) is 0. The number of allylic oxidation sites excluding steroid dienone is 6. The van der Waals surface area contributed by atoms with Gasteiger partial charge in [0.1, 0.15) is 0 Å². The predicted molar refractivity (Wildman–Crippen MR) is 287 cm³/mol. The van der Waals surface area contributed by atoms with E-state index in [2.05, 4.69) is 155 Å². The highest BCUT2D eigenvalue weighted by molar-refractivity contribution is 5.96. The van der Waals surface area contributed by atoms with Gasteiger partial charge in [-0.05, 0) is 213 Å². The fourth-order valence-electron chi connectivity index (χ4n) is 15.2. The van der Waals surface area contributed by atoms with Gasteiger partial charge >= 0.3 is 0 Å². The Morgan fingerprint density at radius 3 is 1.86 bits per heavy atom. The normalized spacial score (nSPS) is 30.0. The highest BCUT2D eigenvalue weighted by Gasteiger charge is 2.96. The largest absolute Gasteiger partial charge is 0.398 e. The minimum Gasteiger partial charge on any atom is -0.398 e. The van der Waals surface area contributed by atoms with E-state index in [4.69, 9.17) is 12.3 Å². The van der Waals surface area contributed by atoms with E-state index in [0.717, 1.165) is 24.9 Å². The van der Waals surface area contributed by atoms with E-state index in [1.807, 2.05) is 6.92 Å². The molecule has 2 N–H and O–H groups in total. The van der Waals surface area contributed by atoms with E-state index in [0.29, 0.717) is 63.6 Å². The van der Waals surface area contributed by atoms with Crippen LogP contribution in [0.15, 0.2) is 135 Å². The maximum absolute atomic E-state index is 6.11. The van der Waals surface area contributed by atoms with Crippen molar-refractivity contribution < 1.29 is 0 Å². The molecule has 10 atom stereocenters. The van der Waals surface area contributed by atoms with Crippen molar-refractivity contribution in [1.82, 2.24) is 0 Å². The van der Waals surface area contributed by atoms with Gasteiger partial charge in [-0.3, -0.25) is 0 Å². The summed E-state index contributed by atoms with van der Waals surface area (Å²) in [6.07, 6.45) is 18.8. The Kier molecular flexibility index (Phi) is 14.3. The lowest BCUT2D eigenvalue weighted by Crippen LogP contribution is -2.40. The van der Waals surface area contributed by atoms with Crippen LogP contribution in [0.3, 0.4) is 0 Å². The van der Waals surface area contributed by atoms with Crippen LogP contribution in [-0.2, 0) is 6.42 Å². The van der Waals surface area contributed by atoms with Crippen molar-refractivity contribution in [1.29, 1.82) is 0 Å². The molecule has 4 aromatic carbocycles. The second-order valence-corrected chi connectivity index (χ2v) is 22.0. The molecule has 0 bridgehead atoms. The Morgan fingerprint density at radius 2 is 1.32 bits per heavy atom. The first kappa shape index (κ1) is 48.6. The first-order valence-electron chi connectivity index (χ1n) is 25.7. The fourth-order valence-corrected chi connectivity index (χ4v) is 15.2. The Labute approximate surface area is 396 Å². The summed E-state index contributed by atoms with van der Waals surface area (Å²) in [6.45, 7) is 46.2. The van der Waals surface area contributed by atoms with Gasteiger partial charge in [0.25, 0.3) is 0 Å². The Hall–Kier alpha value is -4.36. The molecule has 4 fully saturated rings. The van der Waals surface area contributed by atoms with Gasteiger partial charge in [0.2, 0.25) is 0 Å². The molecule has 5 aliphatic rings. The average molecular weight is 868 g/mol. The molecule has 1 heteroatoms. The molecular weight excluding hydrogens is 783 g/mol. The maximum Gasteiger partial charge on any atom is 0.0396 e. The third-order valence-electron chi connectivity index (χ3n) is 18.2. The third-order valence-corrected chi connectivity index (χ3v) is 18.2. The number of hydrogen-bond donors (Lipinski definition) is 1. The highest BCUT2D eigenvalue weighted by Crippen LogP contribution is 3.04. The Bertz CT molecular complexity index is 2490. The third kappa shape index (κ3) is 8.18. The molecule has 4 aromatic rings. The summed E-state index contributed by atoms with van der Waals surface area (Å²) < 4.78 is 0. The average Bonchev–Trinajstić information content (AvgIpc) is 3.95. The first-order valence-corrected chi connectivity index (χ1v) is 25.7. The smallest absolute Gasteiger partial charge is 0.0396 e. The van der Waals surface area contributed by atoms with E-state index in [1.54, 1.807) is 28.3 Å². The van der Waals surface area contributed by atoms with Crippen molar-refractivity contribution in [2.75, 3.05) is 5.73 Å². The molecule has 0 amide bonds. The molecule has 1 spiro atoms. The Morgan fingerprint density at radius 1 is 0.738 bits per heavy atom. The van der Waals surface area contributed by atoms with Gasteiger partial charge in [-0.1, -0.05) is 136 Å². The molecule has 4 saturated carbocycles. The van der Waals surface area contributed by atoms with E-state index in [1.165, 1.54) is 107 Å². The standard InChI is InChI=1S/C45H58.C16H21N.C3H6/c1-11-31-20-33(39(18-27(4)5)40(19-28(6)7)35(31)13-3)21-34-23-41-38(22-32(12-2)42(41)37-17-15-14-16-36(34)37)30(10)44-24-43(29(8)9)25-45(43,44)26-44;1-4-12(5-2)16-11(3)10-15(17)13-8-6-7-9-14(13)16;1-3-2/h11,14-17,23,31-33,35,38-40H,1,4,6,8,10,12-13,18-22,24-26H2,2-3,5,7,9H3;6-10,12H,4-5,17H2,1-3H3;3H,1H2,2H3. The highest BCUT2D eigenvalue weighted by atomic mass is 15.0. The summed E-state index contributed by atoms with van der Waals surface area (Å²) in [6, 6.07) is 22.7. The minimum absolute atomic E-state index is 0.389. The SMILES string of the molecule is C=CC.C=CC1CC(Cc2cc3c(c4ccccc24)C(CC)CC3C(=C)C23CC4(C(=C)C)CC42C3)C(CC(=C)C)C(CC(=C)C)C1CC.CCC(CC)c1c(C)cc(N)c2ccccc12. The van der Waals surface area contributed by atoms with Gasteiger partial charge in [0.05, 0.1) is 0 Å². The van der Waals surface area contributed by atoms with Crippen LogP contribution in [-0.4, -0.2) is 0 Å². The van der Waals surface area contributed by atoms with Crippen molar-refractivity contribution in [3.05, 3.63) is 162 Å². The van der Waals surface area contributed by atoms with Crippen LogP contribution in [0.4, 0.5) is 5.69 Å². The van der Waals surface area contributed by atoms with Crippen molar-refractivity contribution in [3.8, 4) is 0 Å². The zero-order valence-electron chi connectivity index (χ0n) is 42.4. The lowest BCUT2D eigenvalue weighted by Gasteiger charge is -2.48. The van der Waals surface area contributed by atoms with Crippen LogP contribution in [0.25, 0.3) is 21.5 Å². The number of fused-ring (bicyclic) bond motifs is 4. The number of hydrogen-bond acceptors (Lipinski definition) is 1. The molecular formula is C64H85N. The van der Waals surface area contributed by atoms with Crippen molar-refractivity contribution in [2.24, 2.45) is 45.8 Å². The van der Waals surface area contributed by atoms with Crippen molar-refractivity contribution in [3.63, 3.8) is 0 Å². The van der Waals surface area contributed by atoms with Gasteiger partial charge in [-0.25, -0.2) is 0 Å². The summed E-state index contributed by atoms with van der Waals surface area (Å²) in [5.74, 6) is 4.89. The number of nitrogen functional groups attached to an aromatic ring is 1. The lowest BCUT2D eigenvalue weighted by molar-refractivity contribution is 0.0525. The molecule has 10 unspecified atom stereocenters. The summed E-state index contributed by atoms with van der Waals surface area (Å²) in [4.78, 5) is 0. The second kappa shape index (κ2) is 19.1. The van der Waals surface area contributed by atoms with E-state index >= 15 is 0 Å². The van der Waals surface area contributed by atoms with E-state index in [9.17, 15) is 0 Å². The second-order valence-electron chi connectivity index (χ2n) is 22.0. The van der Waals surface area contributed by atoms with E-state index < -0.39 is 0 Å². The van der Waals surface area contributed by atoms with Crippen LogP contribution < -0.4 is 5.73 Å². The molecule has 9 rings (SSSR count). The van der Waals surface area contributed by atoms with Crippen LogP contribution in [0, 0.1) is 52.8 Å². The lowest BCUT2D eigenvalue weighted by atomic mass is 9.57.